The van der Waals surface area contributed by atoms with Gasteiger partial charge in [-0.2, -0.15) is 0 Å². The van der Waals surface area contributed by atoms with E-state index in [0.29, 0.717) is 16.7 Å². The minimum absolute atomic E-state index is 0.333. The smallest absolute Gasteiger partial charge is 0.161 e. The molecule has 21 heavy (non-hydrogen) atoms. The monoisotopic (exact) mass is 302 g/mol. The van der Waals surface area contributed by atoms with Gasteiger partial charge in [0.2, 0.25) is 0 Å². The van der Waals surface area contributed by atoms with Crippen LogP contribution in [0.15, 0.2) is 12.1 Å². The van der Waals surface area contributed by atoms with Gasteiger partial charge in [-0.1, -0.05) is 18.0 Å². The molecule has 1 N–H and O–H groups in total. The zero-order chi connectivity index (χ0) is 15.0. The molecular formula is C17H19ClN2O. The van der Waals surface area contributed by atoms with Crippen LogP contribution in [0.2, 0.25) is 5.15 Å². The highest BCUT2D eigenvalue weighted by molar-refractivity contribution is 6.30. The number of fused-ring (bicyclic) bond motifs is 1. The van der Waals surface area contributed by atoms with E-state index < -0.39 is 0 Å². The molecule has 1 aromatic carbocycles. The van der Waals surface area contributed by atoms with Gasteiger partial charge in [0, 0.05) is 16.8 Å². The lowest BCUT2D eigenvalue weighted by Gasteiger charge is -2.11. The van der Waals surface area contributed by atoms with Gasteiger partial charge in [-0.05, 0) is 62.8 Å². The topological polar surface area (TPSA) is 46.0 Å². The zero-order valence-corrected chi connectivity index (χ0v) is 13.2. The van der Waals surface area contributed by atoms with Crippen LogP contribution in [-0.2, 0) is 12.8 Å². The number of aromatic hydroxyl groups is 1. The molecule has 1 heterocycles. The second kappa shape index (κ2) is 5.64. The van der Waals surface area contributed by atoms with E-state index in [1.54, 1.807) is 0 Å². The summed E-state index contributed by atoms with van der Waals surface area (Å²) in [6.07, 6.45) is 5.49. The molecule has 2 aromatic rings. The van der Waals surface area contributed by atoms with E-state index in [-0.39, 0.29) is 0 Å². The number of halogens is 1. The first-order chi connectivity index (χ1) is 10.1. The first-order valence-corrected chi connectivity index (χ1v) is 7.80. The van der Waals surface area contributed by atoms with E-state index in [1.165, 1.54) is 6.42 Å². The van der Waals surface area contributed by atoms with E-state index in [1.807, 2.05) is 26.0 Å². The highest BCUT2D eigenvalue weighted by Crippen LogP contribution is 2.31. The van der Waals surface area contributed by atoms with Crippen molar-refractivity contribution in [2.24, 2.45) is 0 Å². The summed E-state index contributed by atoms with van der Waals surface area (Å²) in [5.41, 5.74) is 4.78. The summed E-state index contributed by atoms with van der Waals surface area (Å²) in [6.45, 7) is 3.77. The molecule has 1 aliphatic carbocycles. The van der Waals surface area contributed by atoms with Gasteiger partial charge in [-0.15, -0.1) is 0 Å². The van der Waals surface area contributed by atoms with Crippen LogP contribution in [0.5, 0.6) is 5.75 Å². The molecule has 0 unspecified atom stereocenters. The van der Waals surface area contributed by atoms with Gasteiger partial charge in [0.1, 0.15) is 10.9 Å². The van der Waals surface area contributed by atoms with Crippen LogP contribution in [-0.4, -0.2) is 15.1 Å². The number of nitrogens with zero attached hydrogens (tertiary/aromatic N) is 2. The Morgan fingerprint density at radius 3 is 2.38 bits per heavy atom. The fraction of sp³-hybridized carbons (Fsp3) is 0.412. The van der Waals surface area contributed by atoms with Crippen molar-refractivity contribution in [3.8, 4) is 17.1 Å². The zero-order valence-electron chi connectivity index (χ0n) is 12.4. The molecule has 0 bridgehead atoms. The van der Waals surface area contributed by atoms with Crippen LogP contribution in [0.4, 0.5) is 0 Å². The Kier molecular flexibility index (Phi) is 3.85. The molecule has 0 spiro atoms. The second-order valence-corrected chi connectivity index (χ2v) is 6.14. The van der Waals surface area contributed by atoms with Crippen LogP contribution < -0.4 is 0 Å². The lowest BCUT2D eigenvalue weighted by molar-refractivity contribution is 0.467. The van der Waals surface area contributed by atoms with Crippen molar-refractivity contribution in [2.45, 2.75) is 46.0 Å². The normalized spacial score (nSPS) is 14.6. The molecule has 0 saturated heterocycles. The Balaban J connectivity index is 2.11. The van der Waals surface area contributed by atoms with Crippen molar-refractivity contribution in [1.82, 2.24) is 9.97 Å². The largest absolute Gasteiger partial charge is 0.507 e. The minimum Gasteiger partial charge on any atom is -0.507 e. The summed E-state index contributed by atoms with van der Waals surface area (Å²) in [7, 11) is 0. The summed E-state index contributed by atoms with van der Waals surface area (Å²) in [5.74, 6) is 0.992. The third-order valence-electron chi connectivity index (χ3n) is 4.13. The van der Waals surface area contributed by atoms with Gasteiger partial charge >= 0.3 is 0 Å². The molecule has 0 fully saturated rings. The lowest BCUT2D eigenvalue weighted by atomic mass is 10.0. The van der Waals surface area contributed by atoms with Gasteiger partial charge in [-0.3, -0.25) is 0 Å². The Morgan fingerprint density at radius 2 is 1.67 bits per heavy atom. The van der Waals surface area contributed by atoms with Crippen molar-refractivity contribution in [2.75, 3.05) is 0 Å². The second-order valence-electron chi connectivity index (χ2n) is 5.78. The van der Waals surface area contributed by atoms with Gasteiger partial charge in [0.25, 0.3) is 0 Å². The molecule has 3 nitrogen and oxygen atoms in total. The number of hydrogen-bond donors (Lipinski definition) is 1. The maximum Gasteiger partial charge on any atom is 0.161 e. The molecule has 0 amide bonds. The molecule has 1 aromatic heterocycles. The van der Waals surface area contributed by atoms with Crippen LogP contribution in [0.1, 0.15) is 41.6 Å². The molecule has 3 rings (SSSR count). The Morgan fingerprint density at radius 1 is 1.00 bits per heavy atom. The van der Waals surface area contributed by atoms with Crippen LogP contribution in [0.25, 0.3) is 11.4 Å². The summed E-state index contributed by atoms with van der Waals surface area (Å²) in [6, 6.07) is 3.83. The average Bonchev–Trinajstić information content (AvgIpc) is 2.69. The number of aromatic nitrogens is 2. The van der Waals surface area contributed by atoms with Crippen LogP contribution in [0.3, 0.4) is 0 Å². The van der Waals surface area contributed by atoms with E-state index >= 15 is 0 Å². The Bertz CT molecular complexity index is 674. The number of aryl methyl sites for hydroxylation is 3. The number of phenolic OH excluding ortho intramolecular Hbond substituents is 1. The van der Waals surface area contributed by atoms with Crippen molar-refractivity contribution in [3.63, 3.8) is 0 Å². The Labute approximate surface area is 130 Å². The average molecular weight is 303 g/mol. The Hall–Kier alpha value is -1.61. The molecule has 4 heteroatoms. The van der Waals surface area contributed by atoms with Crippen molar-refractivity contribution < 1.29 is 5.11 Å². The lowest BCUT2D eigenvalue weighted by Crippen LogP contribution is -2.02. The van der Waals surface area contributed by atoms with Crippen LogP contribution >= 0.6 is 11.6 Å². The van der Waals surface area contributed by atoms with Crippen molar-refractivity contribution in [3.05, 3.63) is 39.7 Å². The molecule has 0 atom stereocenters. The van der Waals surface area contributed by atoms with E-state index in [0.717, 1.165) is 53.6 Å². The predicted octanol–water partition coefficient (Wildman–Crippen LogP) is 4.39. The minimum atomic E-state index is 0.333. The fourth-order valence-electron chi connectivity index (χ4n) is 2.94. The summed E-state index contributed by atoms with van der Waals surface area (Å²) >= 11 is 6.38. The van der Waals surface area contributed by atoms with Crippen molar-refractivity contribution in [1.29, 1.82) is 0 Å². The fourth-order valence-corrected chi connectivity index (χ4v) is 3.22. The standard InChI is InChI=1S/C17H19ClN2O/c1-10-8-12(9-11(2)15(10)21)17-19-14-7-5-3-4-6-13(14)16(18)20-17/h8-9,21H,3-7H2,1-2H3. The highest BCUT2D eigenvalue weighted by Gasteiger charge is 2.17. The van der Waals surface area contributed by atoms with Gasteiger partial charge in [0.05, 0.1) is 0 Å². The number of benzene rings is 1. The number of phenols is 1. The van der Waals surface area contributed by atoms with E-state index in [4.69, 9.17) is 16.6 Å². The number of hydrogen-bond acceptors (Lipinski definition) is 3. The first-order valence-electron chi connectivity index (χ1n) is 7.42. The molecule has 1 aliphatic rings. The summed E-state index contributed by atoms with van der Waals surface area (Å²) < 4.78 is 0. The summed E-state index contributed by atoms with van der Waals surface area (Å²) in [4.78, 5) is 9.22. The van der Waals surface area contributed by atoms with Gasteiger partial charge in [-0.25, -0.2) is 9.97 Å². The van der Waals surface area contributed by atoms with Crippen LogP contribution in [0, 0.1) is 13.8 Å². The quantitative estimate of drug-likeness (QED) is 0.628. The molecular weight excluding hydrogens is 284 g/mol. The van der Waals surface area contributed by atoms with E-state index in [9.17, 15) is 5.11 Å². The third kappa shape index (κ3) is 2.75. The maximum atomic E-state index is 9.89. The molecule has 0 radical (unpaired) electrons. The predicted molar refractivity (Wildman–Crippen MR) is 84.9 cm³/mol. The van der Waals surface area contributed by atoms with Gasteiger partial charge < -0.3 is 5.11 Å². The molecule has 0 aliphatic heterocycles. The highest BCUT2D eigenvalue weighted by atomic mass is 35.5. The number of rotatable bonds is 1. The SMILES string of the molecule is Cc1cc(-c2nc(Cl)c3c(n2)CCCCC3)cc(C)c1O. The van der Waals surface area contributed by atoms with Crippen molar-refractivity contribution >= 4 is 11.6 Å². The molecule has 0 saturated carbocycles. The molecule has 110 valence electrons. The van der Waals surface area contributed by atoms with E-state index in [2.05, 4.69) is 4.98 Å². The summed E-state index contributed by atoms with van der Waals surface area (Å²) in [5, 5.41) is 10.5. The first kappa shape index (κ1) is 14.3. The van der Waals surface area contributed by atoms with Gasteiger partial charge in [0.15, 0.2) is 5.82 Å². The maximum absolute atomic E-state index is 9.89. The third-order valence-corrected chi connectivity index (χ3v) is 4.44.